The zero-order valence-corrected chi connectivity index (χ0v) is 11.2. The van der Waals surface area contributed by atoms with Crippen LogP contribution in [-0.4, -0.2) is 17.1 Å². The van der Waals surface area contributed by atoms with Gasteiger partial charge in [0.05, 0.1) is 11.3 Å². The van der Waals surface area contributed by atoms with Gasteiger partial charge in [-0.1, -0.05) is 13.8 Å². The molecule has 1 aliphatic carbocycles. The Balaban J connectivity index is 2.23. The molecular formula is C15H18N2O2. The number of allylic oxidation sites excluding steroid dienone is 2. The van der Waals surface area contributed by atoms with E-state index < -0.39 is 0 Å². The maximum atomic E-state index is 12.0. The molecule has 0 aliphatic heterocycles. The molecule has 19 heavy (non-hydrogen) atoms. The van der Waals surface area contributed by atoms with E-state index in [1.165, 1.54) is 6.21 Å². The highest BCUT2D eigenvalue weighted by Crippen LogP contribution is 2.35. The second-order valence-electron chi connectivity index (χ2n) is 5.65. The summed E-state index contributed by atoms with van der Waals surface area (Å²) in [6.45, 7) is 3.93. The minimum Gasteiger partial charge on any atom is -0.511 e. The van der Waals surface area contributed by atoms with Gasteiger partial charge in [0.15, 0.2) is 5.78 Å². The number of aliphatic imine (C=N–C) groups is 1. The molecule has 2 rings (SSSR count). The monoisotopic (exact) mass is 258 g/mol. The molecule has 4 nitrogen and oxygen atoms in total. The molecule has 0 aromatic heterocycles. The Kier molecular flexibility index (Phi) is 3.42. The van der Waals surface area contributed by atoms with E-state index in [-0.39, 0.29) is 17.0 Å². The lowest BCUT2D eigenvalue weighted by molar-refractivity contribution is -0.117. The maximum absolute atomic E-state index is 12.0. The first-order valence-corrected chi connectivity index (χ1v) is 6.22. The molecule has 0 bridgehead atoms. The van der Waals surface area contributed by atoms with Gasteiger partial charge in [0.25, 0.3) is 0 Å². The van der Waals surface area contributed by atoms with Crippen molar-refractivity contribution in [2.75, 3.05) is 5.73 Å². The molecule has 0 amide bonds. The number of aliphatic hydroxyl groups excluding tert-OH is 1. The Hall–Kier alpha value is -2.10. The van der Waals surface area contributed by atoms with Crippen LogP contribution in [0.1, 0.15) is 26.7 Å². The topological polar surface area (TPSA) is 75.7 Å². The zero-order chi connectivity index (χ0) is 14.0. The third kappa shape index (κ3) is 3.22. The van der Waals surface area contributed by atoms with E-state index in [4.69, 9.17) is 5.73 Å². The molecule has 0 saturated heterocycles. The van der Waals surface area contributed by atoms with Gasteiger partial charge in [-0.2, -0.15) is 0 Å². The third-order valence-electron chi connectivity index (χ3n) is 3.13. The van der Waals surface area contributed by atoms with Crippen LogP contribution in [0.25, 0.3) is 0 Å². The summed E-state index contributed by atoms with van der Waals surface area (Å²) >= 11 is 0. The van der Waals surface area contributed by atoms with E-state index in [0.29, 0.717) is 29.8 Å². The zero-order valence-electron chi connectivity index (χ0n) is 11.2. The van der Waals surface area contributed by atoms with Crippen LogP contribution in [0.2, 0.25) is 0 Å². The standard InChI is InChI=1S/C15H18N2O2/c1-15(2)7-13(18)12(14(19)8-15)9-17-11-5-3-10(16)4-6-11/h3-6,9,18H,7-8,16H2,1-2H3. The number of carbonyl (C=O) groups excluding carboxylic acids is 1. The van der Waals surface area contributed by atoms with Crippen LogP contribution in [0.5, 0.6) is 0 Å². The van der Waals surface area contributed by atoms with Gasteiger partial charge in [-0.25, -0.2) is 0 Å². The fraction of sp³-hybridized carbons (Fsp3) is 0.333. The first-order valence-electron chi connectivity index (χ1n) is 6.22. The Labute approximate surface area is 112 Å². The fourth-order valence-electron chi connectivity index (χ4n) is 2.15. The van der Waals surface area contributed by atoms with Gasteiger partial charge in [-0.3, -0.25) is 9.79 Å². The molecule has 3 N–H and O–H groups in total. The van der Waals surface area contributed by atoms with Crippen LogP contribution in [0.15, 0.2) is 40.6 Å². The number of aliphatic hydroxyl groups is 1. The summed E-state index contributed by atoms with van der Waals surface area (Å²) in [6.07, 6.45) is 2.38. The highest BCUT2D eigenvalue weighted by atomic mass is 16.3. The molecule has 0 radical (unpaired) electrons. The molecule has 100 valence electrons. The number of nitrogens with zero attached hydrogens (tertiary/aromatic N) is 1. The summed E-state index contributed by atoms with van der Waals surface area (Å²) in [5.74, 6) is 0.0633. The van der Waals surface area contributed by atoms with Crippen LogP contribution < -0.4 is 5.73 Å². The van der Waals surface area contributed by atoms with E-state index in [2.05, 4.69) is 4.99 Å². The summed E-state index contributed by atoms with van der Waals surface area (Å²) in [5.41, 5.74) is 7.08. The molecule has 0 atom stereocenters. The van der Waals surface area contributed by atoms with Crippen molar-refractivity contribution in [2.45, 2.75) is 26.7 Å². The van der Waals surface area contributed by atoms with Crippen LogP contribution >= 0.6 is 0 Å². The van der Waals surface area contributed by atoms with E-state index in [1.54, 1.807) is 24.3 Å². The van der Waals surface area contributed by atoms with Gasteiger partial charge in [-0.15, -0.1) is 0 Å². The number of nitrogen functional groups attached to an aromatic ring is 1. The normalized spacial score (nSPS) is 19.2. The first-order chi connectivity index (χ1) is 8.87. The number of Topliss-reactive ketones (excluding diaryl/α,β-unsaturated/α-hetero) is 1. The number of rotatable bonds is 2. The lowest BCUT2D eigenvalue weighted by Crippen LogP contribution is -2.26. The van der Waals surface area contributed by atoms with E-state index >= 15 is 0 Å². The molecule has 4 heteroatoms. The molecule has 0 saturated carbocycles. The Morgan fingerprint density at radius 1 is 1.26 bits per heavy atom. The van der Waals surface area contributed by atoms with Crippen LogP contribution in [0.3, 0.4) is 0 Å². The molecule has 1 aliphatic rings. The number of benzene rings is 1. The third-order valence-corrected chi connectivity index (χ3v) is 3.13. The lowest BCUT2D eigenvalue weighted by Gasteiger charge is -2.28. The van der Waals surface area contributed by atoms with E-state index in [9.17, 15) is 9.90 Å². The fourth-order valence-corrected chi connectivity index (χ4v) is 2.15. The van der Waals surface area contributed by atoms with Gasteiger partial charge in [0.1, 0.15) is 5.76 Å². The number of nitrogens with two attached hydrogens (primary N) is 1. The SMILES string of the molecule is CC1(C)CC(=O)C(C=Nc2ccc(N)cc2)=C(O)C1. The molecular weight excluding hydrogens is 240 g/mol. The van der Waals surface area contributed by atoms with Gasteiger partial charge >= 0.3 is 0 Å². The number of hydrogen-bond acceptors (Lipinski definition) is 4. The molecule has 1 aromatic carbocycles. The number of ketones is 1. The molecule has 1 aromatic rings. The Morgan fingerprint density at radius 3 is 2.47 bits per heavy atom. The predicted molar refractivity (Wildman–Crippen MR) is 76.7 cm³/mol. The van der Waals surface area contributed by atoms with E-state index in [1.807, 2.05) is 13.8 Å². The second kappa shape index (κ2) is 4.88. The van der Waals surface area contributed by atoms with Crippen molar-refractivity contribution in [3.8, 4) is 0 Å². The highest BCUT2D eigenvalue weighted by Gasteiger charge is 2.32. The largest absolute Gasteiger partial charge is 0.511 e. The van der Waals surface area contributed by atoms with Crippen molar-refractivity contribution >= 4 is 23.4 Å². The quantitative estimate of drug-likeness (QED) is 0.632. The van der Waals surface area contributed by atoms with Crippen LogP contribution in [0.4, 0.5) is 11.4 Å². The van der Waals surface area contributed by atoms with Gasteiger partial charge < -0.3 is 10.8 Å². The van der Waals surface area contributed by atoms with Crippen molar-refractivity contribution in [2.24, 2.45) is 10.4 Å². The molecule has 0 heterocycles. The minimum absolute atomic E-state index is 0.0621. The highest BCUT2D eigenvalue weighted by molar-refractivity contribution is 6.14. The lowest BCUT2D eigenvalue weighted by atomic mass is 9.77. The summed E-state index contributed by atoms with van der Waals surface area (Å²) < 4.78 is 0. The van der Waals surface area contributed by atoms with Crippen molar-refractivity contribution in [1.29, 1.82) is 0 Å². The number of hydrogen-bond donors (Lipinski definition) is 2. The van der Waals surface area contributed by atoms with Crippen molar-refractivity contribution in [3.63, 3.8) is 0 Å². The van der Waals surface area contributed by atoms with Gasteiger partial charge in [0.2, 0.25) is 0 Å². The summed E-state index contributed by atoms with van der Waals surface area (Å²) in [6, 6.07) is 7.01. The Morgan fingerprint density at radius 2 is 1.89 bits per heavy atom. The smallest absolute Gasteiger partial charge is 0.168 e. The summed E-state index contributed by atoms with van der Waals surface area (Å²) in [4.78, 5) is 16.2. The number of carbonyl (C=O) groups is 1. The van der Waals surface area contributed by atoms with Crippen molar-refractivity contribution in [1.82, 2.24) is 0 Å². The van der Waals surface area contributed by atoms with Crippen molar-refractivity contribution < 1.29 is 9.90 Å². The van der Waals surface area contributed by atoms with Crippen LogP contribution in [-0.2, 0) is 4.79 Å². The predicted octanol–water partition coefficient (Wildman–Crippen LogP) is 3.17. The first kappa shape index (κ1) is 13.3. The maximum Gasteiger partial charge on any atom is 0.168 e. The average Bonchev–Trinajstić information content (AvgIpc) is 2.29. The summed E-state index contributed by atoms with van der Waals surface area (Å²) in [5, 5.41) is 9.94. The second-order valence-corrected chi connectivity index (χ2v) is 5.65. The minimum atomic E-state index is -0.181. The average molecular weight is 258 g/mol. The molecule has 0 unspecified atom stereocenters. The van der Waals surface area contributed by atoms with Gasteiger partial charge in [0, 0.05) is 24.7 Å². The molecule has 0 fully saturated rings. The number of anilines is 1. The van der Waals surface area contributed by atoms with E-state index in [0.717, 1.165) is 0 Å². The van der Waals surface area contributed by atoms with Crippen molar-refractivity contribution in [3.05, 3.63) is 35.6 Å². The van der Waals surface area contributed by atoms with Gasteiger partial charge in [-0.05, 0) is 29.7 Å². The molecule has 0 spiro atoms. The Bertz CT molecular complexity index is 554. The van der Waals surface area contributed by atoms with Crippen LogP contribution in [0, 0.1) is 5.41 Å². The summed E-state index contributed by atoms with van der Waals surface area (Å²) in [7, 11) is 0.